The number of fused-ring (bicyclic) bond motifs is 1. The zero-order valence-corrected chi connectivity index (χ0v) is 10.5. The molecule has 2 unspecified atom stereocenters. The molecule has 0 aliphatic heterocycles. The second kappa shape index (κ2) is 4.10. The van der Waals surface area contributed by atoms with Crippen LogP contribution in [0.1, 0.15) is 55.8 Å². The lowest BCUT2D eigenvalue weighted by Gasteiger charge is -2.18. The van der Waals surface area contributed by atoms with E-state index in [9.17, 15) is 5.11 Å². The summed E-state index contributed by atoms with van der Waals surface area (Å²) in [6, 6.07) is 4.59. The molecule has 0 amide bonds. The minimum Gasteiger partial charge on any atom is -0.508 e. The molecule has 0 radical (unpaired) electrons. The summed E-state index contributed by atoms with van der Waals surface area (Å²) in [5.41, 5.74) is 3.77. The van der Waals surface area contributed by atoms with E-state index < -0.39 is 0 Å². The van der Waals surface area contributed by atoms with Gasteiger partial charge in [-0.1, -0.05) is 26.8 Å². The standard InChI is InChI=1S/C14H21NO/c1-8(2)15-11-7-10(4)13-9(3)5-6-12(16)14(11)13/h5-6,8,10-11,15-16H,7H2,1-4H3. The molecule has 2 atom stereocenters. The van der Waals surface area contributed by atoms with Gasteiger partial charge in [0.15, 0.2) is 0 Å². The van der Waals surface area contributed by atoms with Crippen LogP contribution < -0.4 is 5.32 Å². The zero-order chi connectivity index (χ0) is 11.9. The Morgan fingerprint density at radius 3 is 2.62 bits per heavy atom. The summed E-state index contributed by atoms with van der Waals surface area (Å²) < 4.78 is 0. The van der Waals surface area contributed by atoms with Gasteiger partial charge >= 0.3 is 0 Å². The van der Waals surface area contributed by atoms with Crippen LogP contribution in [0.15, 0.2) is 12.1 Å². The molecule has 0 aromatic heterocycles. The van der Waals surface area contributed by atoms with E-state index in [4.69, 9.17) is 0 Å². The van der Waals surface area contributed by atoms with Crippen molar-refractivity contribution < 1.29 is 5.11 Å². The van der Waals surface area contributed by atoms with Gasteiger partial charge in [0.25, 0.3) is 0 Å². The van der Waals surface area contributed by atoms with Crippen molar-refractivity contribution in [3.8, 4) is 5.75 Å². The molecule has 2 nitrogen and oxygen atoms in total. The molecule has 0 bridgehead atoms. The largest absolute Gasteiger partial charge is 0.508 e. The van der Waals surface area contributed by atoms with Crippen LogP contribution in [0.2, 0.25) is 0 Å². The molecule has 0 saturated carbocycles. The molecule has 1 aliphatic carbocycles. The number of benzene rings is 1. The Hall–Kier alpha value is -1.02. The lowest BCUT2D eigenvalue weighted by atomic mass is 9.97. The molecular weight excluding hydrogens is 198 g/mol. The maximum Gasteiger partial charge on any atom is 0.120 e. The fourth-order valence-electron chi connectivity index (χ4n) is 2.90. The van der Waals surface area contributed by atoms with E-state index >= 15 is 0 Å². The predicted octanol–water partition coefficient (Wildman–Crippen LogP) is 3.25. The first-order valence-corrected chi connectivity index (χ1v) is 6.09. The summed E-state index contributed by atoms with van der Waals surface area (Å²) in [5, 5.41) is 13.6. The molecule has 2 N–H and O–H groups in total. The summed E-state index contributed by atoms with van der Waals surface area (Å²) in [5.74, 6) is 0.987. The number of nitrogens with one attached hydrogen (secondary N) is 1. The smallest absolute Gasteiger partial charge is 0.120 e. The molecule has 1 aromatic carbocycles. The van der Waals surface area contributed by atoms with Crippen LogP contribution in [0, 0.1) is 6.92 Å². The van der Waals surface area contributed by atoms with Gasteiger partial charge in [0.05, 0.1) is 0 Å². The van der Waals surface area contributed by atoms with Gasteiger partial charge in [-0.15, -0.1) is 0 Å². The highest BCUT2D eigenvalue weighted by Gasteiger charge is 2.32. The summed E-state index contributed by atoms with van der Waals surface area (Å²) in [4.78, 5) is 0. The Kier molecular flexibility index (Phi) is 2.94. The fraction of sp³-hybridized carbons (Fsp3) is 0.571. The molecule has 1 aliphatic rings. The highest BCUT2D eigenvalue weighted by atomic mass is 16.3. The minimum atomic E-state index is 0.310. The summed E-state index contributed by atoms with van der Waals surface area (Å²) >= 11 is 0. The first-order valence-electron chi connectivity index (χ1n) is 6.09. The second-order valence-corrected chi connectivity index (χ2v) is 5.24. The van der Waals surface area contributed by atoms with E-state index in [0.717, 1.165) is 12.0 Å². The van der Waals surface area contributed by atoms with Crippen LogP contribution in [0.4, 0.5) is 0 Å². The van der Waals surface area contributed by atoms with Crippen molar-refractivity contribution in [1.82, 2.24) is 5.32 Å². The maximum atomic E-state index is 10.0. The van der Waals surface area contributed by atoms with Crippen molar-refractivity contribution in [2.24, 2.45) is 0 Å². The topological polar surface area (TPSA) is 32.3 Å². The van der Waals surface area contributed by atoms with Crippen molar-refractivity contribution in [2.75, 3.05) is 0 Å². The Bertz CT molecular complexity index is 398. The van der Waals surface area contributed by atoms with Crippen molar-refractivity contribution in [2.45, 2.75) is 52.1 Å². The number of aryl methyl sites for hydroxylation is 1. The van der Waals surface area contributed by atoms with Crippen LogP contribution >= 0.6 is 0 Å². The summed E-state index contributed by atoms with van der Waals surface area (Å²) in [7, 11) is 0. The van der Waals surface area contributed by atoms with E-state index in [1.54, 1.807) is 0 Å². The number of phenolic OH excluding ortho intramolecular Hbond substituents is 1. The SMILES string of the molecule is Cc1ccc(O)c2c1C(C)CC2NC(C)C. The average Bonchev–Trinajstić information content (AvgIpc) is 2.49. The average molecular weight is 219 g/mol. The van der Waals surface area contributed by atoms with Crippen LogP contribution in [0.25, 0.3) is 0 Å². The van der Waals surface area contributed by atoms with Gasteiger partial charge in [-0.3, -0.25) is 0 Å². The molecule has 88 valence electrons. The van der Waals surface area contributed by atoms with E-state index in [0.29, 0.717) is 23.8 Å². The van der Waals surface area contributed by atoms with Gasteiger partial charge in [0.1, 0.15) is 5.75 Å². The van der Waals surface area contributed by atoms with Gasteiger partial charge in [-0.2, -0.15) is 0 Å². The van der Waals surface area contributed by atoms with Crippen molar-refractivity contribution in [1.29, 1.82) is 0 Å². The van der Waals surface area contributed by atoms with Crippen LogP contribution in [0.5, 0.6) is 5.75 Å². The quantitative estimate of drug-likeness (QED) is 0.800. The second-order valence-electron chi connectivity index (χ2n) is 5.24. The third-order valence-electron chi connectivity index (χ3n) is 3.45. The summed E-state index contributed by atoms with van der Waals surface area (Å²) in [6.07, 6.45) is 1.09. The molecular formula is C14H21NO. The van der Waals surface area contributed by atoms with E-state index in [1.807, 2.05) is 12.1 Å². The van der Waals surface area contributed by atoms with Crippen molar-refractivity contribution in [3.63, 3.8) is 0 Å². The van der Waals surface area contributed by atoms with Crippen LogP contribution in [-0.4, -0.2) is 11.1 Å². The fourth-order valence-corrected chi connectivity index (χ4v) is 2.90. The zero-order valence-electron chi connectivity index (χ0n) is 10.5. The van der Waals surface area contributed by atoms with Crippen LogP contribution in [0.3, 0.4) is 0 Å². The van der Waals surface area contributed by atoms with Crippen molar-refractivity contribution >= 4 is 0 Å². The van der Waals surface area contributed by atoms with E-state index in [2.05, 4.69) is 33.0 Å². The first-order chi connectivity index (χ1) is 7.50. The molecule has 2 rings (SSSR count). The molecule has 1 aromatic rings. The molecule has 2 heteroatoms. The first kappa shape index (κ1) is 11.5. The van der Waals surface area contributed by atoms with Crippen molar-refractivity contribution in [3.05, 3.63) is 28.8 Å². The maximum absolute atomic E-state index is 10.0. The number of hydrogen-bond donors (Lipinski definition) is 2. The third kappa shape index (κ3) is 1.82. The molecule has 0 fully saturated rings. The lowest BCUT2D eigenvalue weighted by Crippen LogP contribution is -2.26. The Labute approximate surface area is 97.7 Å². The van der Waals surface area contributed by atoms with E-state index in [-0.39, 0.29) is 0 Å². The number of rotatable bonds is 2. The summed E-state index contributed by atoms with van der Waals surface area (Å²) in [6.45, 7) is 8.67. The third-order valence-corrected chi connectivity index (χ3v) is 3.45. The van der Waals surface area contributed by atoms with Gasteiger partial charge in [-0.05, 0) is 36.5 Å². The van der Waals surface area contributed by atoms with Gasteiger partial charge < -0.3 is 10.4 Å². The highest BCUT2D eigenvalue weighted by molar-refractivity contribution is 5.50. The molecule has 0 heterocycles. The van der Waals surface area contributed by atoms with Gasteiger partial charge in [0.2, 0.25) is 0 Å². The Morgan fingerprint density at radius 2 is 2.00 bits per heavy atom. The minimum absolute atomic E-state index is 0.310. The number of hydrogen-bond acceptors (Lipinski definition) is 2. The van der Waals surface area contributed by atoms with Crippen LogP contribution in [-0.2, 0) is 0 Å². The lowest BCUT2D eigenvalue weighted by molar-refractivity contribution is 0.427. The number of phenols is 1. The normalized spacial score (nSPS) is 23.8. The Balaban J connectivity index is 2.44. The molecule has 0 saturated heterocycles. The molecule has 0 spiro atoms. The van der Waals surface area contributed by atoms with Gasteiger partial charge in [-0.25, -0.2) is 0 Å². The molecule has 16 heavy (non-hydrogen) atoms. The van der Waals surface area contributed by atoms with Gasteiger partial charge in [0, 0.05) is 17.6 Å². The number of aromatic hydroxyl groups is 1. The predicted molar refractivity (Wildman–Crippen MR) is 66.9 cm³/mol. The van der Waals surface area contributed by atoms with E-state index in [1.165, 1.54) is 11.1 Å². The Morgan fingerprint density at radius 1 is 1.31 bits per heavy atom. The highest BCUT2D eigenvalue weighted by Crippen LogP contribution is 2.45. The monoisotopic (exact) mass is 219 g/mol.